The number of nitrogens with one attached hydrogen (secondary N) is 1. The Labute approximate surface area is 120 Å². The molecule has 1 N–H and O–H groups in total. The topological polar surface area (TPSA) is 23.8 Å². The fourth-order valence-corrected chi connectivity index (χ4v) is 1.38. The van der Waals surface area contributed by atoms with Gasteiger partial charge in [-0.1, -0.05) is 36.4 Å². The Bertz CT molecular complexity index is 463. The van der Waals surface area contributed by atoms with E-state index in [0.29, 0.717) is 5.70 Å². The molecule has 14 heavy (non-hydrogen) atoms. The minimum absolute atomic E-state index is 0. The van der Waals surface area contributed by atoms with Crippen LogP contribution in [0.5, 0.6) is 0 Å². The van der Waals surface area contributed by atoms with Gasteiger partial charge in [0.15, 0.2) is 0 Å². The summed E-state index contributed by atoms with van der Waals surface area (Å²) in [4.78, 5) is 0. The largest absolute Gasteiger partial charge is 0.699 e. The van der Waals surface area contributed by atoms with Gasteiger partial charge in [0, 0.05) is 44.1 Å². The van der Waals surface area contributed by atoms with Crippen LogP contribution in [0.3, 0.4) is 0 Å². The van der Waals surface area contributed by atoms with Crippen LogP contribution in [0.25, 0.3) is 22.2 Å². The molecule has 0 saturated heterocycles. The Morgan fingerprint density at radius 1 is 1.00 bits per heavy atom. The first-order valence-corrected chi connectivity index (χ1v) is 4.17. The number of fused-ring (bicyclic) bond motifs is 1. The average Bonchev–Trinajstić information content (AvgIpc) is 2.17. The van der Waals surface area contributed by atoms with Crippen LogP contribution in [-0.4, -0.2) is 0 Å². The molecule has 2 rings (SSSR count). The first-order chi connectivity index (χ1) is 6.27. The maximum absolute atomic E-state index is 7.40. The zero-order valence-corrected chi connectivity index (χ0v) is 12.6. The van der Waals surface area contributed by atoms with Gasteiger partial charge in [-0.3, -0.25) is 0 Å². The Balaban J connectivity index is 0.000000980. The van der Waals surface area contributed by atoms with E-state index < -0.39 is 0 Å². The van der Waals surface area contributed by atoms with Crippen molar-refractivity contribution < 1.29 is 44.1 Å². The van der Waals surface area contributed by atoms with Crippen LogP contribution in [0.15, 0.2) is 49.0 Å². The van der Waals surface area contributed by atoms with Crippen molar-refractivity contribution in [2.45, 2.75) is 0 Å². The zero-order chi connectivity index (χ0) is 9.26. The SMILES string of the molecule is C=C([NH-])c1ccc2ccccc2c1.[Ac]. The molecule has 0 fully saturated rings. The van der Waals surface area contributed by atoms with Gasteiger partial charge in [-0.15, -0.1) is 12.3 Å². The standard InChI is InChI=1S/C12H10N.Ac/c1-9(13)11-7-6-10-4-2-3-5-12(10)8-11;/h2-8,13H,1H2;/q-1;. The number of rotatable bonds is 1. The van der Waals surface area contributed by atoms with Crippen LogP contribution in [0.2, 0.25) is 0 Å². The second-order valence-corrected chi connectivity index (χ2v) is 3.04. The normalized spacial score (nSPS) is 9.43. The molecule has 0 aliphatic rings. The molecule has 0 aliphatic carbocycles. The average molecular weight is 395 g/mol. The van der Waals surface area contributed by atoms with Crippen LogP contribution in [0.4, 0.5) is 0 Å². The summed E-state index contributed by atoms with van der Waals surface area (Å²) in [5.41, 5.74) is 8.65. The predicted octanol–water partition coefficient (Wildman–Crippen LogP) is 3.86. The van der Waals surface area contributed by atoms with Gasteiger partial charge in [0.1, 0.15) is 0 Å². The second-order valence-electron chi connectivity index (χ2n) is 3.04. The summed E-state index contributed by atoms with van der Waals surface area (Å²) >= 11 is 0. The molecule has 0 amide bonds. The van der Waals surface area contributed by atoms with Gasteiger partial charge in [-0.25, -0.2) is 0 Å². The van der Waals surface area contributed by atoms with E-state index in [-0.39, 0.29) is 44.1 Å². The molecular weight excluding hydrogens is 385 g/mol. The van der Waals surface area contributed by atoms with Crippen LogP contribution in [0, 0.1) is 44.1 Å². The summed E-state index contributed by atoms with van der Waals surface area (Å²) in [5, 5.41) is 2.36. The fourth-order valence-electron chi connectivity index (χ4n) is 1.38. The van der Waals surface area contributed by atoms with Crippen molar-refractivity contribution >= 4 is 16.5 Å². The summed E-state index contributed by atoms with van der Waals surface area (Å²) < 4.78 is 0. The molecule has 2 heteroatoms. The molecule has 0 heterocycles. The van der Waals surface area contributed by atoms with Crippen LogP contribution < -0.4 is 0 Å². The first kappa shape index (κ1) is 11.8. The van der Waals surface area contributed by atoms with Crippen molar-refractivity contribution in [3.63, 3.8) is 0 Å². The second kappa shape index (κ2) is 4.96. The van der Waals surface area contributed by atoms with Crippen LogP contribution >= 0.6 is 0 Å². The van der Waals surface area contributed by atoms with Gasteiger partial charge in [-0.05, 0) is 22.4 Å². The maximum atomic E-state index is 7.40. The maximum Gasteiger partial charge on any atom is 0 e. The van der Waals surface area contributed by atoms with Gasteiger partial charge in [0.2, 0.25) is 0 Å². The third kappa shape index (κ3) is 2.38. The molecule has 1 radical (unpaired) electrons. The third-order valence-electron chi connectivity index (χ3n) is 2.10. The van der Waals surface area contributed by atoms with Gasteiger partial charge in [0.05, 0.1) is 0 Å². The summed E-state index contributed by atoms with van der Waals surface area (Å²) in [7, 11) is 0. The van der Waals surface area contributed by atoms with E-state index in [9.17, 15) is 0 Å². The summed E-state index contributed by atoms with van der Waals surface area (Å²) in [5.74, 6) is 0. The van der Waals surface area contributed by atoms with Crippen molar-refractivity contribution in [3.8, 4) is 0 Å². The fraction of sp³-hybridized carbons (Fsp3) is 0. The van der Waals surface area contributed by atoms with Gasteiger partial charge < -0.3 is 5.73 Å². The molecule has 2 aromatic rings. The van der Waals surface area contributed by atoms with E-state index in [1.54, 1.807) is 0 Å². The number of hydrogen-bond acceptors (Lipinski definition) is 0. The monoisotopic (exact) mass is 395 g/mol. The number of benzene rings is 2. The molecular formula is C12H10AcN-. The van der Waals surface area contributed by atoms with E-state index in [2.05, 4.69) is 12.6 Å². The molecule has 67 valence electrons. The van der Waals surface area contributed by atoms with Crippen molar-refractivity contribution in [3.05, 3.63) is 60.3 Å². The van der Waals surface area contributed by atoms with Crippen LogP contribution in [0.1, 0.15) is 5.56 Å². The molecule has 1 nitrogen and oxygen atoms in total. The van der Waals surface area contributed by atoms with Gasteiger partial charge >= 0.3 is 0 Å². The van der Waals surface area contributed by atoms with Gasteiger partial charge in [0.25, 0.3) is 0 Å². The van der Waals surface area contributed by atoms with E-state index in [1.165, 1.54) is 5.39 Å². The van der Waals surface area contributed by atoms with E-state index in [1.807, 2.05) is 36.4 Å². The van der Waals surface area contributed by atoms with Crippen molar-refractivity contribution in [1.82, 2.24) is 0 Å². The Hall–Kier alpha value is -0.318. The van der Waals surface area contributed by atoms with Crippen molar-refractivity contribution in [1.29, 1.82) is 0 Å². The predicted molar refractivity (Wildman–Crippen MR) is 57.3 cm³/mol. The molecule has 2 aromatic carbocycles. The van der Waals surface area contributed by atoms with Gasteiger partial charge in [-0.2, -0.15) is 0 Å². The smallest absolute Gasteiger partial charge is 0 e. The Morgan fingerprint density at radius 2 is 1.64 bits per heavy atom. The van der Waals surface area contributed by atoms with E-state index >= 15 is 0 Å². The summed E-state index contributed by atoms with van der Waals surface area (Å²) in [6.07, 6.45) is 0. The molecule has 0 aliphatic heterocycles. The van der Waals surface area contributed by atoms with Crippen LogP contribution in [-0.2, 0) is 0 Å². The minimum atomic E-state index is 0. The molecule has 0 spiro atoms. The summed E-state index contributed by atoms with van der Waals surface area (Å²) in [6.45, 7) is 3.60. The number of hydrogen-bond donors (Lipinski definition) is 0. The molecule has 0 bridgehead atoms. The first-order valence-electron chi connectivity index (χ1n) is 4.17. The molecule has 0 atom stereocenters. The quantitative estimate of drug-likeness (QED) is 0.701. The Kier molecular flexibility index (Phi) is 4.16. The van der Waals surface area contributed by atoms with Crippen molar-refractivity contribution in [2.24, 2.45) is 0 Å². The molecule has 0 aromatic heterocycles. The van der Waals surface area contributed by atoms with E-state index in [0.717, 1.165) is 10.9 Å². The summed E-state index contributed by atoms with van der Waals surface area (Å²) in [6, 6.07) is 14.1. The molecule has 0 unspecified atom stereocenters. The minimum Gasteiger partial charge on any atom is -0.699 e. The molecule has 0 saturated carbocycles. The van der Waals surface area contributed by atoms with E-state index in [4.69, 9.17) is 5.73 Å². The Morgan fingerprint density at radius 3 is 2.29 bits per heavy atom. The van der Waals surface area contributed by atoms with Crippen molar-refractivity contribution in [2.75, 3.05) is 0 Å². The zero-order valence-electron chi connectivity index (χ0n) is 7.83. The third-order valence-corrected chi connectivity index (χ3v) is 2.10.